The Hall–Kier alpha value is -3.01. The van der Waals surface area contributed by atoms with Crippen molar-refractivity contribution in [2.45, 2.75) is 12.8 Å². The van der Waals surface area contributed by atoms with Crippen molar-refractivity contribution in [3.63, 3.8) is 0 Å². The summed E-state index contributed by atoms with van der Waals surface area (Å²) in [4.78, 5) is 28.2. The molecule has 0 spiro atoms. The zero-order chi connectivity index (χ0) is 17.2. The third-order valence-electron chi connectivity index (χ3n) is 3.61. The molecule has 25 heavy (non-hydrogen) atoms. The molecule has 0 radical (unpaired) electrons. The van der Waals surface area contributed by atoms with Crippen LogP contribution in [-0.4, -0.2) is 38.4 Å². The van der Waals surface area contributed by atoms with Crippen LogP contribution >= 0.6 is 11.3 Å². The van der Waals surface area contributed by atoms with E-state index in [1.165, 1.54) is 11.3 Å². The van der Waals surface area contributed by atoms with Crippen molar-refractivity contribution >= 4 is 39.2 Å². The van der Waals surface area contributed by atoms with Gasteiger partial charge in [-0.1, -0.05) is 22.1 Å². The summed E-state index contributed by atoms with van der Waals surface area (Å²) in [6.07, 6.45) is 2.23. The summed E-state index contributed by atoms with van der Waals surface area (Å²) in [5.41, 5.74) is 7.05. The molecule has 128 valence electrons. The van der Waals surface area contributed by atoms with Crippen LogP contribution in [0.2, 0.25) is 0 Å². The number of para-hydroxylation sites is 1. The highest BCUT2D eigenvalue weighted by molar-refractivity contribution is 7.13. The standard InChI is InChI=1S/C15H14N6O3S/c16-15-17-11(8-25-15)13(19-23-7-9-5-6-9)14(22)24-21-12-4-2-1-3-10(12)18-20-21/h1-4,8-9H,5-7H2,(H2,16,17)/b19-13-. The van der Waals surface area contributed by atoms with Crippen LogP contribution in [0.4, 0.5) is 5.13 Å². The molecule has 3 aromatic rings. The van der Waals surface area contributed by atoms with E-state index in [0.717, 1.165) is 17.7 Å². The van der Waals surface area contributed by atoms with Gasteiger partial charge in [-0.2, -0.15) is 0 Å². The van der Waals surface area contributed by atoms with E-state index in [1.54, 1.807) is 23.6 Å². The number of carbonyl (C=O) groups is 1. The van der Waals surface area contributed by atoms with Crippen molar-refractivity contribution in [2.75, 3.05) is 12.3 Å². The van der Waals surface area contributed by atoms with Crippen LogP contribution in [0.15, 0.2) is 34.8 Å². The van der Waals surface area contributed by atoms with Gasteiger partial charge in [-0.25, -0.2) is 9.78 Å². The van der Waals surface area contributed by atoms with Crippen molar-refractivity contribution in [1.82, 2.24) is 20.1 Å². The first kappa shape index (κ1) is 15.5. The second-order valence-electron chi connectivity index (χ2n) is 5.58. The summed E-state index contributed by atoms with van der Waals surface area (Å²) in [5.74, 6) is -0.252. The molecule has 1 fully saturated rings. The summed E-state index contributed by atoms with van der Waals surface area (Å²) in [7, 11) is 0. The smallest absolute Gasteiger partial charge is 0.389 e. The molecule has 1 aromatic carbocycles. The van der Waals surface area contributed by atoms with E-state index in [9.17, 15) is 4.79 Å². The monoisotopic (exact) mass is 358 g/mol. The second-order valence-corrected chi connectivity index (χ2v) is 6.47. The van der Waals surface area contributed by atoms with Crippen LogP contribution in [-0.2, 0) is 9.63 Å². The molecule has 4 rings (SSSR count). The van der Waals surface area contributed by atoms with Gasteiger partial charge in [-0.3, -0.25) is 0 Å². The van der Waals surface area contributed by atoms with E-state index >= 15 is 0 Å². The molecule has 0 unspecified atom stereocenters. The maximum absolute atomic E-state index is 12.6. The highest BCUT2D eigenvalue weighted by Gasteiger charge is 2.25. The summed E-state index contributed by atoms with van der Waals surface area (Å²) >= 11 is 1.20. The van der Waals surface area contributed by atoms with Crippen molar-refractivity contribution < 1.29 is 14.5 Å². The molecule has 1 aliphatic rings. The molecule has 0 atom stereocenters. The van der Waals surface area contributed by atoms with Gasteiger partial charge < -0.3 is 15.4 Å². The number of rotatable bonds is 6. The van der Waals surface area contributed by atoms with Gasteiger partial charge in [-0.15, -0.1) is 16.4 Å². The lowest BCUT2D eigenvalue weighted by Gasteiger charge is -2.05. The topological polar surface area (TPSA) is 118 Å². The number of carbonyl (C=O) groups excluding carboxylic acids is 1. The molecule has 0 amide bonds. The Kier molecular flexibility index (Phi) is 4.02. The quantitative estimate of drug-likeness (QED) is 0.400. The van der Waals surface area contributed by atoms with Gasteiger partial charge in [0, 0.05) is 5.38 Å². The minimum absolute atomic E-state index is 0.0619. The molecule has 0 saturated heterocycles. The summed E-state index contributed by atoms with van der Waals surface area (Å²) in [6.45, 7) is 0.461. The minimum atomic E-state index is -0.753. The van der Waals surface area contributed by atoms with Crippen molar-refractivity contribution in [2.24, 2.45) is 11.1 Å². The van der Waals surface area contributed by atoms with Crippen molar-refractivity contribution in [3.8, 4) is 0 Å². The lowest BCUT2D eigenvalue weighted by atomic mass is 10.3. The van der Waals surface area contributed by atoms with Crippen molar-refractivity contribution in [1.29, 1.82) is 0 Å². The van der Waals surface area contributed by atoms with E-state index in [0.29, 0.717) is 34.4 Å². The van der Waals surface area contributed by atoms with Gasteiger partial charge in [0.1, 0.15) is 23.3 Å². The van der Waals surface area contributed by atoms with Gasteiger partial charge in [0.25, 0.3) is 0 Å². The first-order valence-corrected chi connectivity index (χ1v) is 8.53. The number of benzene rings is 1. The molecule has 2 N–H and O–H groups in total. The first-order valence-electron chi connectivity index (χ1n) is 7.65. The van der Waals surface area contributed by atoms with Crippen LogP contribution in [0, 0.1) is 5.92 Å². The average Bonchev–Trinajstić information content (AvgIpc) is 3.21. The van der Waals surface area contributed by atoms with Gasteiger partial charge in [-0.05, 0) is 36.1 Å². The highest BCUT2D eigenvalue weighted by Crippen LogP contribution is 2.28. The van der Waals surface area contributed by atoms with E-state index in [-0.39, 0.29) is 5.71 Å². The summed E-state index contributed by atoms with van der Waals surface area (Å²) in [5, 5.41) is 13.6. The third-order valence-corrected chi connectivity index (χ3v) is 4.29. The second kappa shape index (κ2) is 6.48. The molecule has 1 saturated carbocycles. The number of aromatic nitrogens is 4. The van der Waals surface area contributed by atoms with Gasteiger partial charge in [0.2, 0.25) is 5.71 Å². The Morgan fingerprint density at radius 2 is 2.24 bits per heavy atom. The predicted octanol–water partition coefficient (Wildman–Crippen LogP) is 1.26. The average molecular weight is 358 g/mol. The molecule has 2 aromatic heterocycles. The number of thiazole rings is 1. The van der Waals surface area contributed by atoms with E-state index in [1.807, 2.05) is 6.07 Å². The Morgan fingerprint density at radius 3 is 3.00 bits per heavy atom. The third kappa shape index (κ3) is 3.43. The Bertz CT molecular complexity index is 946. The van der Waals surface area contributed by atoms with Crippen LogP contribution in [0.3, 0.4) is 0 Å². The highest BCUT2D eigenvalue weighted by atomic mass is 32.1. The number of hydrogen-bond acceptors (Lipinski definition) is 9. The molecular weight excluding hydrogens is 344 g/mol. The van der Waals surface area contributed by atoms with Crippen LogP contribution in [0.5, 0.6) is 0 Å². The summed E-state index contributed by atoms with van der Waals surface area (Å²) in [6, 6.07) is 7.12. The van der Waals surface area contributed by atoms with Crippen LogP contribution < -0.4 is 10.6 Å². The van der Waals surface area contributed by atoms with Crippen molar-refractivity contribution in [3.05, 3.63) is 35.3 Å². The van der Waals surface area contributed by atoms with Crippen LogP contribution in [0.1, 0.15) is 18.5 Å². The zero-order valence-electron chi connectivity index (χ0n) is 13.0. The number of anilines is 1. The van der Waals surface area contributed by atoms with E-state index in [2.05, 4.69) is 20.5 Å². The maximum Gasteiger partial charge on any atom is 0.389 e. The lowest BCUT2D eigenvalue weighted by Crippen LogP contribution is -2.29. The fourth-order valence-electron chi connectivity index (χ4n) is 2.11. The van der Waals surface area contributed by atoms with E-state index in [4.69, 9.17) is 15.4 Å². The molecule has 9 nitrogen and oxygen atoms in total. The zero-order valence-corrected chi connectivity index (χ0v) is 13.8. The first-order chi connectivity index (χ1) is 12.2. The molecule has 0 bridgehead atoms. The Balaban J connectivity index is 1.58. The Morgan fingerprint density at radius 1 is 1.40 bits per heavy atom. The molecule has 10 heteroatoms. The number of oxime groups is 1. The fraction of sp³-hybridized carbons (Fsp3) is 0.267. The number of hydrogen-bond donors (Lipinski definition) is 1. The number of nitrogens with two attached hydrogens (primary N) is 1. The van der Waals surface area contributed by atoms with Gasteiger partial charge in [0.15, 0.2) is 5.13 Å². The Labute approximate surface area is 146 Å². The predicted molar refractivity (Wildman–Crippen MR) is 90.9 cm³/mol. The van der Waals surface area contributed by atoms with Gasteiger partial charge >= 0.3 is 5.97 Å². The number of nitrogens with zero attached hydrogens (tertiary/aromatic N) is 5. The van der Waals surface area contributed by atoms with Gasteiger partial charge in [0.05, 0.1) is 0 Å². The lowest BCUT2D eigenvalue weighted by molar-refractivity contribution is -0.137. The number of fused-ring (bicyclic) bond motifs is 1. The minimum Gasteiger partial charge on any atom is -0.395 e. The molecule has 2 heterocycles. The normalized spacial score (nSPS) is 14.6. The summed E-state index contributed by atoms with van der Waals surface area (Å²) < 4.78 is 0. The van der Waals surface area contributed by atoms with Crippen LogP contribution in [0.25, 0.3) is 11.0 Å². The maximum atomic E-state index is 12.6. The molecule has 1 aliphatic carbocycles. The molecule has 0 aliphatic heterocycles. The fourth-order valence-corrected chi connectivity index (χ4v) is 2.66. The largest absolute Gasteiger partial charge is 0.395 e. The van der Waals surface area contributed by atoms with E-state index < -0.39 is 5.97 Å². The number of nitrogen functional groups attached to an aromatic ring is 1. The molecular formula is C15H14N6O3S. The SMILES string of the molecule is Nc1nc(/C(=N/OCC2CC2)C(=O)On2nnc3ccccc32)cs1.